The Morgan fingerprint density at radius 1 is 1.39 bits per heavy atom. The van der Waals surface area contributed by atoms with Gasteiger partial charge in [0.15, 0.2) is 0 Å². The van der Waals surface area contributed by atoms with E-state index in [1.54, 1.807) is 7.05 Å². The first kappa shape index (κ1) is 13.3. The van der Waals surface area contributed by atoms with Gasteiger partial charge in [-0.15, -0.1) is 0 Å². The van der Waals surface area contributed by atoms with E-state index < -0.39 is 10.0 Å². The van der Waals surface area contributed by atoms with Crippen LogP contribution in [0.5, 0.6) is 5.75 Å². The van der Waals surface area contributed by atoms with Crippen molar-refractivity contribution in [2.24, 2.45) is 0 Å². The highest BCUT2D eigenvalue weighted by molar-refractivity contribution is 7.89. The number of ether oxygens (including phenoxy) is 1. The molecule has 100 valence electrons. The van der Waals surface area contributed by atoms with Crippen LogP contribution in [0.25, 0.3) is 0 Å². The van der Waals surface area contributed by atoms with Crippen LogP contribution < -0.4 is 14.8 Å². The van der Waals surface area contributed by atoms with Gasteiger partial charge in [-0.3, -0.25) is 0 Å². The molecule has 0 saturated carbocycles. The van der Waals surface area contributed by atoms with Gasteiger partial charge < -0.3 is 10.1 Å². The second-order valence-corrected chi connectivity index (χ2v) is 6.17. The van der Waals surface area contributed by atoms with Crippen LogP contribution in [-0.4, -0.2) is 34.4 Å². The molecule has 0 aliphatic carbocycles. The van der Waals surface area contributed by atoms with Crippen molar-refractivity contribution in [3.8, 4) is 5.75 Å². The maximum atomic E-state index is 11.9. The third kappa shape index (κ3) is 3.22. The van der Waals surface area contributed by atoms with Crippen LogP contribution in [-0.2, 0) is 10.0 Å². The summed E-state index contributed by atoms with van der Waals surface area (Å²) in [6.07, 6.45) is 0.598. The van der Waals surface area contributed by atoms with Crippen LogP contribution in [0.1, 0.15) is 18.0 Å². The molecule has 0 amide bonds. The molecule has 0 bridgehead atoms. The lowest BCUT2D eigenvalue weighted by Gasteiger charge is -2.12. The average molecular weight is 270 g/mol. The van der Waals surface area contributed by atoms with Crippen molar-refractivity contribution in [1.82, 2.24) is 10.0 Å². The molecule has 2 N–H and O–H groups in total. The molecule has 0 saturated heterocycles. The lowest BCUT2D eigenvalue weighted by atomic mass is 10.1. The summed E-state index contributed by atoms with van der Waals surface area (Å²) in [4.78, 5) is 0. The number of hydrogen-bond acceptors (Lipinski definition) is 4. The van der Waals surface area contributed by atoms with Crippen LogP contribution in [0.3, 0.4) is 0 Å². The second kappa shape index (κ2) is 5.69. The average Bonchev–Trinajstić information content (AvgIpc) is 2.72. The first-order valence-corrected chi connectivity index (χ1v) is 7.64. The van der Waals surface area contributed by atoms with Crippen molar-refractivity contribution in [2.75, 3.05) is 26.0 Å². The zero-order chi connectivity index (χ0) is 13.0. The fourth-order valence-corrected chi connectivity index (χ4v) is 3.25. The van der Waals surface area contributed by atoms with Crippen LogP contribution in [0.4, 0.5) is 0 Å². The van der Waals surface area contributed by atoms with Gasteiger partial charge >= 0.3 is 0 Å². The summed E-state index contributed by atoms with van der Waals surface area (Å²) in [5.41, 5.74) is 0.912. The van der Waals surface area contributed by atoms with Gasteiger partial charge in [0.2, 0.25) is 10.0 Å². The van der Waals surface area contributed by atoms with Crippen molar-refractivity contribution >= 4 is 10.0 Å². The van der Waals surface area contributed by atoms with Crippen molar-refractivity contribution in [3.63, 3.8) is 0 Å². The van der Waals surface area contributed by atoms with Gasteiger partial charge in [0, 0.05) is 5.56 Å². The third-order valence-electron chi connectivity index (χ3n) is 2.86. The van der Waals surface area contributed by atoms with Crippen molar-refractivity contribution in [2.45, 2.75) is 12.5 Å². The van der Waals surface area contributed by atoms with Gasteiger partial charge in [-0.2, -0.15) is 0 Å². The van der Waals surface area contributed by atoms with Crippen molar-refractivity contribution in [1.29, 1.82) is 0 Å². The summed E-state index contributed by atoms with van der Waals surface area (Å²) in [6, 6.07) is 7.24. The van der Waals surface area contributed by atoms with E-state index in [4.69, 9.17) is 4.74 Å². The summed E-state index contributed by atoms with van der Waals surface area (Å²) in [5.74, 6) is 0.896. The molecule has 0 radical (unpaired) electrons. The van der Waals surface area contributed by atoms with Crippen LogP contribution in [0.15, 0.2) is 24.3 Å². The Balaban J connectivity index is 1.99. The van der Waals surface area contributed by atoms with E-state index in [9.17, 15) is 8.42 Å². The summed E-state index contributed by atoms with van der Waals surface area (Å²) in [7, 11) is -1.44. The van der Waals surface area contributed by atoms with Crippen molar-refractivity contribution < 1.29 is 13.2 Å². The minimum Gasteiger partial charge on any atom is -0.491 e. The lowest BCUT2D eigenvalue weighted by molar-refractivity contribution is 0.325. The van der Waals surface area contributed by atoms with E-state index in [1.807, 2.05) is 24.3 Å². The predicted octanol–water partition coefficient (Wildman–Crippen LogP) is 0.649. The maximum Gasteiger partial charge on any atom is 0.212 e. The van der Waals surface area contributed by atoms with E-state index in [0.29, 0.717) is 19.6 Å². The molecular formula is C12H18N2O3S. The Labute approximate surface area is 108 Å². The molecule has 1 aromatic rings. The highest BCUT2D eigenvalue weighted by atomic mass is 32.2. The number of para-hydroxylation sites is 1. The first-order chi connectivity index (χ1) is 8.62. The van der Waals surface area contributed by atoms with Crippen LogP contribution >= 0.6 is 0 Å². The smallest absolute Gasteiger partial charge is 0.212 e. The SMILES string of the molecule is CNCCCS(=O)(=O)NC1COc2ccccc21. The molecule has 1 unspecified atom stereocenters. The highest BCUT2D eigenvalue weighted by Gasteiger charge is 2.27. The zero-order valence-electron chi connectivity index (χ0n) is 10.3. The summed E-state index contributed by atoms with van der Waals surface area (Å²) >= 11 is 0. The normalized spacial score (nSPS) is 18.4. The van der Waals surface area contributed by atoms with Crippen LogP contribution in [0, 0.1) is 0 Å². The minimum absolute atomic E-state index is 0.131. The van der Waals surface area contributed by atoms with E-state index in [0.717, 1.165) is 11.3 Å². The standard InChI is InChI=1S/C12H18N2O3S/c1-13-7-4-8-18(15,16)14-11-9-17-12-6-3-2-5-10(11)12/h2-3,5-6,11,13-14H,4,7-9H2,1H3. The molecule has 1 aliphatic rings. The van der Waals surface area contributed by atoms with Gasteiger partial charge in [0.1, 0.15) is 12.4 Å². The number of hydrogen-bond donors (Lipinski definition) is 2. The molecule has 18 heavy (non-hydrogen) atoms. The van der Waals surface area contributed by atoms with E-state index in [1.165, 1.54) is 0 Å². The summed E-state index contributed by atoms with van der Waals surface area (Å²) in [5, 5.41) is 2.93. The number of fused-ring (bicyclic) bond motifs is 1. The predicted molar refractivity (Wildman–Crippen MR) is 70.1 cm³/mol. The Bertz CT molecular complexity index is 502. The molecular weight excluding hydrogens is 252 g/mol. The topological polar surface area (TPSA) is 67.4 Å². The Hall–Kier alpha value is -1.11. The quantitative estimate of drug-likeness (QED) is 0.745. The van der Waals surface area contributed by atoms with E-state index in [2.05, 4.69) is 10.0 Å². The number of rotatable bonds is 6. The Kier molecular flexibility index (Phi) is 4.21. The second-order valence-electron chi connectivity index (χ2n) is 4.30. The lowest BCUT2D eigenvalue weighted by Crippen LogP contribution is -2.32. The minimum atomic E-state index is -3.25. The molecule has 0 aromatic heterocycles. The summed E-state index contributed by atoms with van der Waals surface area (Å²) < 4.78 is 31.9. The molecule has 1 heterocycles. The highest BCUT2D eigenvalue weighted by Crippen LogP contribution is 2.31. The maximum absolute atomic E-state index is 11.9. The number of nitrogens with one attached hydrogen (secondary N) is 2. The molecule has 0 fully saturated rings. The fourth-order valence-electron chi connectivity index (χ4n) is 1.97. The van der Waals surface area contributed by atoms with Crippen LogP contribution in [0.2, 0.25) is 0 Å². The monoisotopic (exact) mass is 270 g/mol. The molecule has 2 rings (SSSR count). The molecule has 1 aromatic carbocycles. The van der Waals surface area contributed by atoms with Gasteiger partial charge in [-0.1, -0.05) is 18.2 Å². The Morgan fingerprint density at radius 3 is 2.94 bits per heavy atom. The zero-order valence-corrected chi connectivity index (χ0v) is 11.2. The van der Waals surface area contributed by atoms with Crippen molar-refractivity contribution in [3.05, 3.63) is 29.8 Å². The largest absolute Gasteiger partial charge is 0.491 e. The van der Waals surface area contributed by atoms with E-state index >= 15 is 0 Å². The van der Waals surface area contributed by atoms with Gasteiger partial charge in [0.25, 0.3) is 0 Å². The van der Waals surface area contributed by atoms with E-state index in [-0.39, 0.29) is 11.8 Å². The number of sulfonamides is 1. The third-order valence-corrected chi connectivity index (χ3v) is 4.33. The molecule has 1 aliphatic heterocycles. The number of benzene rings is 1. The first-order valence-electron chi connectivity index (χ1n) is 5.99. The Morgan fingerprint density at radius 2 is 2.17 bits per heavy atom. The molecule has 0 spiro atoms. The summed E-state index contributed by atoms with van der Waals surface area (Å²) in [6.45, 7) is 1.06. The van der Waals surface area contributed by atoms with Gasteiger partial charge in [0.05, 0.1) is 11.8 Å². The van der Waals surface area contributed by atoms with Gasteiger partial charge in [-0.25, -0.2) is 13.1 Å². The van der Waals surface area contributed by atoms with Gasteiger partial charge in [-0.05, 0) is 26.1 Å². The molecule has 1 atom stereocenters. The molecule has 6 heteroatoms. The fraction of sp³-hybridized carbons (Fsp3) is 0.500. The molecule has 5 nitrogen and oxygen atoms in total.